The van der Waals surface area contributed by atoms with Crippen molar-refractivity contribution in [1.29, 1.82) is 0 Å². The topological polar surface area (TPSA) is 66.5 Å². The average molecular weight is 318 g/mol. The highest BCUT2D eigenvalue weighted by molar-refractivity contribution is 7.88. The van der Waals surface area contributed by atoms with Crippen LogP contribution in [0.2, 0.25) is 0 Å². The molecule has 1 atom stereocenters. The second-order valence-corrected chi connectivity index (χ2v) is 7.70. The Labute approximate surface area is 125 Å². The molecule has 0 spiro atoms. The van der Waals surface area contributed by atoms with E-state index in [0.29, 0.717) is 19.5 Å². The molecule has 0 fully saturated rings. The van der Waals surface area contributed by atoms with E-state index in [1.165, 1.54) is 21.9 Å². The Morgan fingerprint density at radius 1 is 1.50 bits per heavy atom. The number of nitrogens with one attached hydrogen (secondary N) is 1. The Hall–Kier alpha value is -0.920. The van der Waals surface area contributed by atoms with Gasteiger partial charge in [-0.2, -0.15) is 4.31 Å². The van der Waals surface area contributed by atoms with E-state index in [2.05, 4.69) is 5.32 Å². The molecule has 1 aromatic rings. The summed E-state index contributed by atoms with van der Waals surface area (Å²) in [6.45, 7) is 4.46. The van der Waals surface area contributed by atoms with Gasteiger partial charge in [-0.05, 0) is 24.8 Å². The lowest BCUT2D eigenvalue weighted by molar-refractivity contribution is -0.120. The van der Waals surface area contributed by atoms with E-state index >= 15 is 0 Å². The van der Waals surface area contributed by atoms with Crippen molar-refractivity contribution >= 4 is 27.3 Å². The van der Waals surface area contributed by atoms with Crippen molar-refractivity contribution < 1.29 is 13.2 Å². The Bertz CT molecular complexity index is 512. The highest BCUT2D eigenvalue weighted by atomic mass is 32.2. The molecule has 5 nitrogen and oxygen atoms in total. The molecule has 1 aromatic heterocycles. The average Bonchev–Trinajstić information content (AvgIpc) is 2.85. The second kappa shape index (κ2) is 7.75. The van der Waals surface area contributed by atoms with Crippen LogP contribution in [0.1, 0.15) is 25.1 Å². The maximum atomic E-state index is 11.7. The quantitative estimate of drug-likeness (QED) is 0.789. The van der Waals surface area contributed by atoms with Gasteiger partial charge >= 0.3 is 0 Å². The number of hydrogen-bond donors (Lipinski definition) is 1. The van der Waals surface area contributed by atoms with Gasteiger partial charge in [-0.25, -0.2) is 8.42 Å². The number of nitrogens with zero attached hydrogens (tertiary/aromatic N) is 1. The molecule has 1 amide bonds. The van der Waals surface area contributed by atoms with Crippen LogP contribution in [-0.4, -0.2) is 44.0 Å². The predicted molar refractivity (Wildman–Crippen MR) is 82.3 cm³/mol. The van der Waals surface area contributed by atoms with Gasteiger partial charge in [0, 0.05) is 24.0 Å². The van der Waals surface area contributed by atoms with Crippen LogP contribution in [0.25, 0.3) is 0 Å². The zero-order chi connectivity index (χ0) is 15.2. The van der Waals surface area contributed by atoms with Crippen LogP contribution in [0.5, 0.6) is 0 Å². The summed E-state index contributed by atoms with van der Waals surface area (Å²) in [5.41, 5.74) is 0. The normalized spacial score (nSPS) is 13.4. The van der Waals surface area contributed by atoms with Crippen LogP contribution in [0.3, 0.4) is 0 Å². The molecule has 1 heterocycles. The largest absolute Gasteiger partial charge is 0.354 e. The molecule has 0 radical (unpaired) electrons. The smallest absolute Gasteiger partial charge is 0.225 e. The van der Waals surface area contributed by atoms with Gasteiger partial charge in [0.15, 0.2) is 0 Å². The molecule has 1 rings (SSSR count). The van der Waals surface area contributed by atoms with Crippen LogP contribution >= 0.6 is 11.3 Å². The summed E-state index contributed by atoms with van der Waals surface area (Å²) in [5, 5.41) is 4.69. The summed E-state index contributed by atoms with van der Waals surface area (Å²) in [5.74, 6) is -0.0787. The summed E-state index contributed by atoms with van der Waals surface area (Å²) in [7, 11) is -3.24. The van der Waals surface area contributed by atoms with Crippen molar-refractivity contribution in [2.24, 2.45) is 0 Å². The van der Waals surface area contributed by atoms with E-state index in [1.54, 1.807) is 0 Å². The molecule has 0 aliphatic heterocycles. The lowest BCUT2D eigenvalue weighted by Crippen LogP contribution is -2.43. The highest BCUT2D eigenvalue weighted by Gasteiger charge is 2.21. The molecular weight excluding hydrogens is 296 g/mol. The number of rotatable bonds is 8. The molecule has 0 saturated heterocycles. The van der Waals surface area contributed by atoms with Gasteiger partial charge in [-0.15, -0.1) is 11.3 Å². The van der Waals surface area contributed by atoms with Crippen molar-refractivity contribution in [1.82, 2.24) is 9.62 Å². The molecule has 0 saturated carbocycles. The molecule has 1 unspecified atom stereocenters. The molecule has 0 aliphatic carbocycles. The Morgan fingerprint density at radius 2 is 2.20 bits per heavy atom. The van der Waals surface area contributed by atoms with Gasteiger partial charge in [0.1, 0.15) is 0 Å². The van der Waals surface area contributed by atoms with Gasteiger partial charge in [-0.3, -0.25) is 4.79 Å². The van der Waals surface area contributed by atoms with Crippen molar-refractivity contribution in [3.63, 3.8) is 0 Å². The SMILES string of the molecule is CCC(C)N(CCNC(=O)Cc1cccs1)S(C)(=O)=O. The standard InChI is InChI=1S/C13H22N2O3S2/c1-4-11(2)15(20(3,17)18)8-7-14-13(16)10-12-6-5-9-19-12/h5-6,9,11H,4,7-8,10H2,1-3H3,(H,14,16). The molecule has 114 valence electrons. The zero-order valence-corrected chi connectivity index (χ0v) is 13.8. The predicted octanol–water partition coefficient (Wildman–Crippen LogP) is 1.47. The number of sulfonamides is 1. The van der Waals surface area contributed by atoms with E-state index in [-0.39, 0.29) is 11.9 Å². The van der Waals surface area contributed by atoms with E-state index in [9.17, 15) is 13.2 Å². The van der Waals surface area contributed by atoms with Gasteiger partial charge in [0.2, 0.25) is 15.9 Å². The Kier molecular flexibility index (Phi) is 6.64. The second-order valence-electron chi connectivity index (χ2n) is 4.74. The highest BCUT2D eigenvalue weighted by Crippen LogP contribution is 2.09. The third kappa shape index (κ3) is 5.60. The van der Waals surface area contributed by atoms with E-state index < -0.39 is 10.0 Å². The summed E-state index contributed by atoms with van der Waals surface area (Å²) < 4.78 is 24.8. The number of hydrogen-bond acceptors (Lipinski definition) is 4. The van der Waals surface area contributed by atoms with Crippen LogP contribution in [0.4, 0.5) is 0 Å². The fraction of sp³-hybridized carbons (Fsp3) is 0.615. The maximum absolute atomic E-state index is 11.7. The maximum Gasteiger partial charge on any atom is 0.225 e. The summed E-state index contributed by atoms with van der Waals surface area (Å²) >= 11 is 1.54. The van der Waals surface area contributed by atoms with Crippen LogP contribution in [0.15, 0.2) is 17.5 Å². The minimum Gasteiger partial charge on any atom is -0.354 e. The van der Waals surface area contributed by atoms with Gasteiger partial charge in [0.25, 0.3) is 0 Å². The molecular formula is C13H22N2O3S2. The lowest BCUT2D eigenvalue weighted by Gasteiger charge is -2.25. The minimum atomic E-state index is -3.24. The summed E-state index contributed by atoms with van der Waals surface area (Å²) in [6, 6.07) is 3.76. The monoisotopic (exact) mass is 318 g/mol. The molecule has 1 N–H and O–H groups in total. The zero-order valence-electron chi connectivity index (χ0n) is 12.1. The first-order chi connectivity index (χ1) is 9.34. The summed E-state index contributed by atoms with van der Waals surface area (Å²) in [6.07, 6.45) is 2.29. The van der Waals surface area contributed by atoms with Crippen LogP contribution in [-0.2, 0) is 21.2 Å². The fourth-order valence-corrected chi connectivity index (χ4v) is 3.79. The lowest BCUT2D eigenvalue weighted by atomic mass is 10.2. The number of amides is 1. The molecule has 0 bridgehead atoms. The molecule has 0 aromatic carbocycles. The first kappa shape index (κ1) is 17.1. The van der Waals surface area contributed by atoms with Gasteiger partial charge in [0.05, 0.1) is 12.7 Å². The first-order valence-electron chi connectivity index (χ1n) is 6.60. The Balaban J connectivity index is 2.42. The van der Waals surface area contributed by atoms with Gasteiger partial charge < -0.3 is 5.32 Å². The Morgan fingerprint density at radius 3 is 2.70 bits per heavy atom. The number of carbonyl (C=O) groups excluding carboxylic acids is 1. The van der Waals surface area contributed by atoms with E-state index in [4.69, 9.17) is 0 Å². The third-order valence-corrected chi connectivity index (χ3v) is 5.35. The van der Waals surface area contributed by atoms with Crippen molar-refractivity contribution in [2.75, 3.05) is 19.3 Å². The molecule has 20 heavy (non-hydrogen) atoms. The molecule has 0 aliphatic rings. The summed E-state index contributed by atoms with van der Waals surface area (Å²) in [4.78, 5) is 12.7. The van der Waals surface area contributed by atoms with Gasteiger partial charge in [-0.1, -0.05) is 13.0 Å². The van der Waals surface area contributed by atoms with Crippen molar-refractivity contribution in [3.8, 4) is 0 Å². The van der Waals surface area contributed by atoms with Crippen molar-refractivity contribution in [3.05, 3.63) is 22.4 Å². The first-order valence-corrected chi connectivity index (χ1v) is 9.33. The van der Waals surface area contributed by atoms with E-state index in [1.807, 2.05) is 31.4 Å². The van der Waals surface area contributed by atoms with Crippen molar-refractivity contribution in [2.45, 2.75) is 32.7 Å². The number of thiophene rings is 1. The number of carbonyl (C=O) groups is 1. The minimum absolute atomic E-state index is 0.0563. The third-order valence-electron chi connectivity index (χ3n) is 3.08. The fourth-order valence-electron chi connectivity index (χ4n) is 1.86. The molecule has 7 heteroatoms. The van der Waals surface area contributed by atoms with E-state index in [0.717, 1.165) is 11.3 Å². The van der Waals surface area contributed by atoms with Crippen LogP contribution in [0, 0.1) is 0 Å². The van der Waals surface area contributed by atoms with Crippen LogP contribution < -0.4 is 5.32 Å².